The van der Waals surface area contributed by atoms with E-state index < -0.39 is 11.9 Å². The van der Waals surface area contributed by atoms with Crippen LogP contribution in [0.15, 0.2) is 48.5 Å². The second kappa shape index (κ2) is 8.10. The third-order valence-electron chi connectivity index (χ3n) is 2.95. The molecule has 120 valence electrons. The van der Waals surface area contributed by atoms with Crippen LogP contribution >= 0.6 is 0 Å². The van der Waals surface area contributed by atoms with Gasteiger partial charge in [-0.05, 0) is 38.1 Å². The highest BCUT2D eigenvalue weighted by Crippen LogP contribution is 2.12. The standard InChI is InChI=1S/C18H18O5/c1-13-3-7-15(8-4-13)22-17(19)11-21-12-18(20)23-16-9-5-14(2)6-10-16/h3-10H,11-12H2,1-2H3. The van der Waals surface area contributed by atoms with Crippen molar-refractivity contribution in [2.24, 2.45) is 0 Å². The second-order valence-corrected chi connectivity index (χ2v) is 5.07. The Morgan fingerprint density at radius 2 is 1.04 bits per heavy atom. The summed E-state index contributed by atoms with van der Waals surface area (Å²) in [7, 11) is 0. The number of aryl methyl sites for hydroxylation is 2. The van der Waals surface area contributed by atoms with Gasteiger partial charge in [0.1, 0.15) is 24.7 Å². The maximum Gasteiger partial charge on any atom is 0.337 e. The van der Waals surface area contributed by atoms with E-state index in [1.54, 1.807) is 24.3 Å². The molecule has 0 aliphatic carbocycles. The van der Waals surface area contributed by atoms with Crippen molar-refractivity contribution >= 4 is 11.9 Å². The fourth-order valence-electron chi connectivity index (χ4n) is 1.75. The minimum absolute atomic E-state index is 0.323. The van der Waals surface area contributed by atoms with Gasteiger partial charge in [-0.25, -0.2) is 9.59 Å². The summed E-state index contributed by atoms with van der Waals surface area (Å²) < 4.78 is 15.1. The molecule has 0 N–H and O–H groups in total. The summed E-state index contributed by atoms with van der Waals surface area (Å²) in [6.45, 7) is 3.23. The first-order valence-corrected chi connectivity index (χ1v) is 7.15. The highest BCUT2D eigenvalue weighted by atomic mass is 16.6. The Morgan fingerprint density at radius 3 is 1.39 bits per heavy atom. The zero-order chi connectivity index (χ0) is 16.7. The van der Waals surface area contributed by atoms with Crippen molar-refractivity contribution in [1.29, 1.82) is 0 Å². The van der Waals surface area contributed by atoms with Gasteiger partial charge in [-0.15, -0.1) is 0 Å². The van der Waals surface area contributed by atoms with Crippen molar-refractivity contribution < 1.29 is 23.8 Å². The molecule has 0 saturated heterocycles. The number of ether oxygens (including phenoxy) is 3. The molecule has 0 saturated carbocycles. The van der Waals surface area contributed by atoms with Gasteiger partial charge in [-0.2, -0.15) is 0 Å². The Morgan fingerprint density at radius 1 is 0.696 bits per heavy atom. The Labute approximate surface area is 134 Å². The van der Waals surface area contributed by atoms with Gasteiger partial charge in [0.25, 0.3) is 0 Å². The van der Waals surface area contributed by atoms with Crippen LogP contribution in [-0.2, 0) is 14.3 Å². The lowest BCUT2D eigenvalue weighted by Crippen LogP contribution is -2.21. The molecule has 0 bridgehead atoms. The van der Waals surface area contributed by atoms with E-state index in [9.17, 15) is 9.59 Å². The first kappa shape index (κ1) is 16.7. The predicted molar refractivity (Wildman–Crippen MR) is 84.4 cm³/mol. The molecule has 0 spiro atoms. The fourth-order valence-corrected chi connectivity index (χ4v) is 1.75. The summed E-state index contributed by atoms with van der Waals surface area (Å²) in [6.07, 6.45) is 0. The van der Waals surface area contributed by atoms with Gasteiger partial charge < -0.3 is 14.2 Å². The normalized spacial score (nSPS) is 10.2. The predicted octanol–water partition coefficient (Wildman–Crippen LogP) is 2.83. The Bertz CT molecular complexity index is 599. The third kappa shape index (κ3) is 5.92. The highest BCUT2D eigenvalue weighted by Gasteiger charge is 2.09. The molecule has 0 fully saturated rings. The summed E-state index contributed by atoms with van der Waals surface area (Å²) in [6, 6.07) is 14.1. The average Bonchev–Trinajstić information content (AvgIpc) is 2.52. The molecule has 2 rings (SSSR count). The zero-order valence-electron chi connectivity index (χ0n) is 13.1. The monoisotopic (exact) mass is 314 g/mol. The molecule has 0 amide bonds. The first-order chi connectivity index (χ1) is 11.0. The fraction of sp³-hybridized carbons (Fsp3) is 0.222. The molecule has 0 aliphatic heterocycles. The molecule has 5 nitrogen and oxygen atoms in total. The van der Waals surface area contributed by atoms with Crippen molar-refractivity contribution in [3.8, 4) is 11.5 Å². The van der Waals surface area contributed by atoms with Crippen LogP contribution in [0.1, 0.15) is 11.1 Å². The van der Waals surface area contributed by atoms with E-state index in [2.05, 4.69) is 0 Å². The van der Waals surface area contributed by atoms with E-state index >= 15 is 0 Å². The van der Waals surface area contributed by atoms with E-state index in [0.29, 0.717) is 11.5 Å². The minimum Gasteiger partial charge on any atom is -0.425 e. The molecule has 0 aromatic heterocycles. The lowest BCUT2D eigenvalue weighted by molar-refractivity contribution is -0.145. The Balaban J connectivity index is 1.69. The lowest BCUT2D eigenvalue weighted by atomic mass is 10.2. The van der Waals surface area contributed by atoms with Crippen molar-refractivity contribution in [3.63, 3.8) is 0 Å². The van der Waals surface area contributed by atoms with Crippen LogP contribution in [0.3, 0.4) is 0 Å². The van der Waals surface area contributed by atoms with Crippen LogP contribution in [0.5, 0.6) is 11.5 Å². The van der Waals surface area contributed by atoms with E-state index in [-0.39, 0.29) is 13.2 Å². The van der Waals surface area contributed by atoms with Gasteiger partial charge in [0.15, 0.2) is 0 Å². The average molecular weight is 314 g/mol. The molecule has 2 aromatic rings. The van der Waals surface area contributed by atoms with Gasteiger partial charge in [-0.3, -0.25) is 0 Å². The minimum atomic E-state index is -0.572. The molecule has 0 radical (unpaired) electrons. The number of carbonyl (C=O) groups excluding carboxylic acids is 2. The van der Waals surface area contributed by atoms with Gasteiger partial charge in [-0.1, -0.05) is 35.4 Å². The number of rotatable bonds is 6. The van der Waals surface area contributed by atoms with E-state index in [1.807, 2.05) is 38.1 Å². The quantitative estimate of drug-likeness (QED) is 0.606. The molecule has 0 unspecified atom stereocenters. The van der Waals surface area contributed by atoms with E-state index in [0.717, 1.165) is 11.1 Å². The molecule has 5 heteroatoms. The van der Waals surface area contributed by atoms with Crippen LogP contribution in [0.25, 0.3) is 0 Å². The smallest absolute Gasteiger partial charge is 0.337 e. The highest BCUT2D eigenvalue weighted by molar-refractivity contribution is 5.76. The summed E-state index contributed by atoms with van der Waals surface area (Å²) >= 11 is 0. The number of esters is 2. The first-order valence-electron chi connectivity index (χ1n) is 7.15. The molecular weight excluding hydrogens is 296 g/mol. The molecular formula is C18H18O5. The van der Waals surface area contributed by atoms with E-state index in [1.165, 1.54) is 0 Å². The Kier molecular flexibility index (Phi) is 5.88. The third-order valence-corrected chi connectivity index (χ3v) is 2.95. The SMILES string of the molecule is Cc1ccc(OC(=O)COCC(=O)Oc2ccc(C)cc2)cc1. The van der Waals surface area contributed by atoms with Gasteiger partial charge in [0, 0.05) is 0 Å². The zero-order valence-corrected chi connectivity index (χ0v) is 13.1. The number of hydrogen-bond acceptors (Lipinski definition) is 5. The van der Waals surface area contributed by atoms with Crippen LogP contribution in [0, 0.1) is 13.8 Å². The summed E-state index contributed by atoms with van der Waals surface area (Å²) in [5.41, 5.74) is 2.14. The topological polar surface area (TPSA) is 61.8 Å². The largest absolute Gasteiger partial charge is 0.425 e. The van der Waals surface area contributed by atoms with Crippen molar-refractivity contribution in [1.82, 2.24) is 0 Å². The van der Waals surface area contributed by atoms with E-state index in [4.69, 9.17) is 14.2 Å². The van der Waals surface area contributed by atoms with Crippen LogP contribution in [0.4, 0.5) is 0 Å². The summed E-state index contributed by atoms with van der Waals surface area (Å²) in [5.74, 6) is -0.271. The molecule has 0 atom stereocenters. The number of hydrogen-bond donors (Lipinski definition) is 0. The van der Waals surface area contributed by atoms with Crippen LogP contribution in [0.2, 0.25) is 0 Å². The summed E-state index contributed by atoms with van der Waals surface area (Å²) in [5, 5.41) is 0. The second-order valence-electron chi connectivity index (χ2n) is 5.07. The molecule has 23 heavy (non-hydrogen) atoms. The van der Waals surface area contributed by atoms with Crippen molar-refractivity contribution in [2.75, 3.05) is 13.2 Å². The van der Waals surface area contributed by atoms with Crippen molar-refractivity contribution in [3.05, 3.63) is 59.7 Å². The molecule has 2 aromatic carbocycles. The number of carbonyl (C=O) groups is 2. The Hall–Kier alpha value is -2.66. The molecule has 0 heterocycles. The van der Waals surface area contributed by atoms with Gasteiger partial charge >= 0.3 is 11.9 Å². The van der Waals surface area contributed by atoms with Gasteiger partial charge in [0.05, 0.1) is 0 Å². The maximum atomic E-state index is 11.6. The number of benzene rings is 2. The maximum absolute atomic E-state index is 11.6. The van der Waals surface area contributed by atoms with Crippen LogP contribution < -0.4 is 9.47 Å². The lowest BCUT2D eigenvalue weighted by Gasteiger charge is -2.06. The molecule has 0 aliphatic rings. The summed E-state index contributed by atoms with van der Waals surface area (Å²) in [4.78, 5) is 23.2. The van der Waals surface area contributed by atoms with Crippen LogP contribution in [-0.4, -0.2) is 25.2 Å². The van der Waals surface area contributed by atoms with Gasteiger partial charge in [0.2, 0.25) is 0 Å². The van der Waals surface area contributed by atoms with Crippen molar-refractivity contribution in [2.45, 2.75) is 13.8 Å².